The molecular weight excluding hydrogens is 257 g/mol. The van der Waals surface area contributed by atoms with Crippen LogP contribution < -0.4 is 4.74 Å². The molecule has 1 aliphatic rings. The molecule has 0 fully saturated rings. The van der Waals surface area contributed by atoms with Crippen LogP contribution in [0, 0.1) is 0 Å². The molecule has 0 saturated heterocycles. The zero-order chi connectivity index (χ0) is 12.3. The smallest absolute Gasteiger partial charge is 0.127 e. The number of hydrogen-bond donors (Lipinski definition) is 0. The van der Waals surface area contributed by atoms with Crippen LogP contribution in [0.3, 0.4) is 0 Å². The Bertz CT molecular complexity index is 395. The predicted octanol–water partition coefficient (Wildman–Crippen LogP) is 3.34. The first-order valence-electron chi connectivity index (χ1n) is 5.97. The van der Waals surface area contributed by atoms with Gasteiger partial charge in [-0.05, 0) is 24.2 Å². The second-order valence-corrected chi connectivity index (χ2v) is 5.02. The number of hydrogen-bond acceptors (Lipinski definition) is 2. The van der Waals surface area contributed by atoms with Crippen molar-refractivity contribution >= 4 is 23.2 Å². The summed E-state index contributed by atoms with van der Waals surface area (Å²) in [5.74, 6) is 1.68. The molecule has 4 heteroatoms. The quantitative estimate of drug-likeness (QED) is 0.764. The average molecular weight is 274 g/mol. The number of alkyl halides is 1. The second-order valence-electron chi connectivity index (χ2n) is 4.21. The molecule has 0 unspecified atom stereocenters. The van der Waals surface area contributed by atoms with Gasteiger partial charge in [-0.3, -0.25) is 4.90 Å². The van der Waals surface area contributed by atoms with E-state index in [0.717, 1.165) is 43.4 Å². The van der Waals surface area contributed by atoms with E-state index in [1.165, 1.54) is 11.1 Å². The molecule has 17 heavy (non-hydrogen) atoms. The maximum atomic E-state index is 6.13. The Morgan fingerprint density at radius 2 is 2.24 bits per heavy atom. The van der Waals surface area contributed by atoms with Crippen molar-refractivity contribution in [3.63, 3.8) is 0 Å². The molecule has 0 radical (unpaired) electrons. The fourth-order valence-corrected chi connectivity index (χ4v) is 2.68. The molecule has 1 aromatic rings. The summed E-state index contributed by atoms with van der Waals surface area (Å²) in [5.41, 5.74) is 2.41. The third kappa shape index (κ3) is 3.06. The van der Waals surface area contributed by atoms with Crippen LogP contribution in [0.5, 0.6) is 5.75 Å². The summed E-state index contributed by atoms with van der Waals surface area (Å²) in [5, 5.41) is 0.797. The highest BCUT2D eigenvalue weighted by molar-refractivity contribution is 6.30. The van der Waals surface area contributed by atoms with Crippen molar-refractivity contribution in [2.45, 2.75) is 19.9 Å². The monoisotopic (exact) mass is 273 g/mol. The largest absolute Gasteiger partial charge is 0.493 e. The molecule has 0 amide bonds. The molecule has 0 bridgehead atoms. The van der Waals surface area contributed by atoms with Crippen molar-refractivity contribution in [2.24, 2.45) is 0 Å². The van der Waals surface area contributed by atoms with E-state index in [1.807, 2.05) is 12.1 Å². The Hall–Kier alpha value is -0.440. The summed E-state index contributed by atoms with van der Waals surface area (Å²) < 4.78 is 5.69. The SMILES string of the molecule is CCN(CCCl)Cc1cc(Cl)cc2c1OCC2. The van der Waals surface area contributed by atoms with Crippen molar-refractivity contribution < 1.29 is 4.74 Å². The topological polar surface area (TPSA) is 12.5 Å². The molecule has 0 aromatic heterocycles. The van der Waals surface area contributed by atoms with Gasteiger partial charge in [0.2, 0.25) is 0 Å². The minimum absolute atomic E-state index is 0.650. The summed E-state index contributed by atoms with van der Waals surface area (Å²) in [6, 6.07) is 4.01. The van der Waals surface area contributed by atoms with Crippen LogP contribution in [-0.4, -0.2) is 30.5 Å². The van der Waals surface area contributed by atoms with Crippen LogP contribution >= 0.6 is 23.2 Å². The molecule has 2 rings (SSSR count). The Balaban J connectivity index is 2.20. The molecule has 1 aromatic carbocycles. The molecule has 94 valence electrons. The third-order valence-electron chi connectivity index (χ3n) is 3.07. The minimum atomic E-state index is 0.650. The van der Waals surface area contributed by atoms with Crippen molar-refractivity contribution in [2.75, 3.05) is 25.6 Å². The van der Waals surface area contributed by atoms with Gasteiger partial charge in [0.25, 0.3) is 0 Å². The number of rotatable bonds is 5. The Kier molecular flexibility index (Phi) is 4.55. The molecule has 0 saturated carbocycles. The zero-order valence-electron chi connectivity index (χ0n) is 10.0. The average Bonchev–Trinajstić information content (AvgIpc) is 2.76. The minimum Gasteiger partial charge on any atom is -0.493 e. The highest BCUT2D eigenvalue weighted by atomic mass is 35.5. The lowest BCUT2D eigenvalue weighted by Crippen LogP contribution is -2.25. The van der Waals surface area contributed by atoms with E-state index < -0.39 is 0 Å². The first kappa shape index (κ1) is 13.0. The lowest BCUT2D eigenvalue weighted by molar-refractivity contribution is 0.287. The standard InChI is InChI=1S/C13H17Cl2NO/c1-2-16(5-4-14)9-11-8-12(15)7-10-3-6-17-13(10)11/h7-8H,2-6,9H2,1H3. The van der Waals surface area contributed by atoms with Gasteiger partial charge in [-0.2, -0.15) is 0 Å². The molecule has 1 heterocycles. The van der Waals surface area contributed by atoms with E-state index in [2.05, 4.69) is 11.8 Å². The summed E-state index contributed by atoms with van der Waals surface area (Å²) in [4.78, 5) is 2.29. The molecule has 0 spiro atoms. The summed E-state index contributed by atoms with van der Waals surface area (Å²) in [6.07, 6.45) is 0.963. The summed E-state index contributed by atoms with van der Waals surface area (Å²) >= 11 is 11.9. The summed E-state index contributed by atoms with van der Waals surface area (Å²) in [7, 11) is 0. The Labute approximate surface area is 112 Å². The van der Waals surface area contributed by atoms with Gasteiger partial charge in [0.05, 0.1) is 6.61 Å². The normalized spacial score (nSPS) is 13.9. The van der Waals surface area contributed by atoms with Crippen LogP contribution in [0.4, 0.5) is 0 Å². The van der Waals surface area contributed by atoms with Gasteiger partial charge >= 0.3 is 0 Å². The number of halogens is 2. The van der Waals surface area contributed by atoms with Gasteiger partial charge in [0.1, 0.15) is 5.75 Å². The number of nitrogens with zero attached hydrogens (tertiary/aromatic N) is 1. The van der Waals surface area contributed by atoms with Crippen LogP contribution in [-0.2, 0) is 13.0 Å². The first-order chi connectivity index (χ1) is 8.24. The maximum Gasteiger partial charge on any atom is 0.127 e. The van der Waals surface area contributed by atoms with Crippen molar-refractivity contribution in [3.8, 4) is 5.75 Å². The Morgan fingerprint density at radius 1 is 1.41 bits per heavy atom. The molecule has 1 aliphatic heterocycles. The fraction of sp³-hybridized carbons (Fsp3) is 0.538. The zero-order valence-corrected chi connectivity index (χ0v) is 11.5. The summed E-state index contributed by atoms with van der Waals surface area (Å²) in [6.45, 7) is 5.63. The Morgan fingerprint density at radius 3 is 2.94 bits per heavy atom. The van der Waals surface area contributed by atoms with Gasteiger partial charge in [-0.15, -0.1) is 11.6 Å². The van der Waals surface area contributed by atoms with E-state index in [4.69, 9.17) is 27.9 Å². The van der Waals surface area contributed by atoms with Crippen molar-refractivity contribution in [1.82, 2.24) is 4.90 Å². The van der Waals surface area contributed by atoms with E-state index in [1.54, 1.807) is 0 Å². The van der Waals surface area contributed by atoms with Gasteiger partial charge < -0.3 is 4.74 Å². The van der Waals surface area contributed by atoms with Crippen molar-refractivity contribution in [1.29, 1.82) is 0 Å². The van der Waals surface area contributed by atoms with Gasteiger partial charge in [-0.25, -0.2) is 0 Å². The van der Waals surface area contributed by atoms with E-state index in [0.29, 0.717) is 5.88 Å². The molecule has 0 aliphatic carbocycles. The van der Waals surface area contributed by atoms with E-state index >= 15 is 0 Å². The van der Waals surface area contributed by atoms with Crippen LogP contribution in [0.15, 0.2) is 12.1 Å². The molecule has 0 atom stereocenters. The number of fused-ring (bicyclic) bond motifs is 1. The highest BCUT2D eigenvalue weighted by Gasteiger charge is 2.18. The lowest BCUT2D eigenvalue weighted by Gasteiger charge is -2.20. The van der Waals surface area contributed by atoms with Crippen molar-refractivity contribution in [3.05, 3.63) is 28.3 Å². The molecule has 2 nitrogen and oxygen atoms in total. The molecule has 0 N–H and O–H groups in total. The van der Waals surface area contributed by atoms with Crippen LogP contribution in [0.1, 0.15) is 18.1 Å². The second kappa shape index (κ2) is 5.94. The predicted molar refractivity (Wildman–Crippen MR) is 72.3 cm³/mol. The molecular formula is C13H17Cl2NO. The lowest BCUT2D eigenvalue weighted by atomic mass is 10.1. The van der Waals surface area contributed by atoms with E-state index in [-0.39, 0.29) is 0 Å². The van der Waals surface area contributed by atoms with Gasteiger partial charge in [0, 0.05) is 36.0 Å². The highest BCUT2D eigenvalue weighted by Crippen LogP contribution is 2.33. The number of benzene rings is 1. The maximum absolute atomic E-state index is 6.13. The fourth-order valence-electron chi connectivity index (χ4n) is 2.17. The van der Waals surface area contributed by atoms with Gasteiger partial charge in [-0.1, -0.05) is 18.5 Å². The first-order valence-corrected chi connectivity index (χ1v) is 6.88. The van der Waals surface area contributed by atoms with E-state index in [9.17, 15) is 0 Å². The van der Waals surface area contributed by atoms with Crippen LogP contribution in [0.25, 0.3) is 0 Å². The van der Waals surface area contributed by atoms with Gasteiger partial charge in [0.15, 0.2) is 0 Å². The third-order valence-corrected chi connectivity index (χ3v) is 3.45. The number of ether oxygens (including phenoxy) is 1. The van der Waals surface area contributed by atoms with Crippen LogP contribution in [0.2, 0.25) is 5.02 Å².